The summed E-state index contributed by atoms with van der Waals surface area (Å²) >= 11 is 1.56. The summed E-state index contributed by atoms with van der Waals surface area (Å²) in [6.07, 6.45) is 4.69. The molecule has 0 spiro atoms. The third-order valence-electron chi connectivity index (χ3n) is 8.64. The third kappa shape index (κ3) is 7.52. The molecule has 1 atom stereocenters. The molecule has 0 aliphatic carbocycles. The van der Waals surface area contributed by atoms with Gasteiger partial charge in [0, 0.05) is 50.9 Å². The van der Waals surface area contributed by atoms with E-state index in [4.69, 9.17) is 4.74 Å². The van der Waals surface area contributed by atoms with Crippen molar-refractivity contribution in [2.75, 3.05) is 37.7 Å². The Labute approximate surface area is 269 Å². The van der Waals surface area contributed by atoms with E-state index in [1.165, 1.54) is 11.1 Å². The smallest absolute Gasteiger partial charge is 0.247 e. The molecule has 0 unspecified atom stereocenters. The molecule has 2 aliphatic rings. The van der Waals surface area contributed by atoms with Gasteiger partial charge in [-0.05, 0) is 60.7 Å². The molecule has 45 heavy (non-hydrogen) atoms. The van der Waals surface area contributed by atoms with E-state index in [9.17, 15) is 9.59 Å². The highest BCUT2D eigenvalue weighted by molar-refractivity contribution is 7.12. The van der Waals surface area contributed by atoms with Crippen molar-refractivity contribution >= 4 is 34.9 Å². The summed E-state index contributed by atoms with van der Waals surface area (Å²) in [5, 5.41) is 0.958. The van der Waals surface area contributed by atoms with Gasteiger partial charge in [-0.2, -0.15) is 0 Å². The largest absolute Gasteiger partial charge is 0.378 e. The van der Waals surface area contributed by atoms with Crippen LogP contribution < -0.4 is 4.90 Å². The summed E-state index contributed by atoms with van der Waals surface area (Å²) in [6, 6.07) is 26.0. The Balaban J connectivity index is 1.33. The van der Waals surface area contributed by atoms with Gasteiger partial charge in [0.05, 0.1) is 28.8 Å². The van der Waals surface area contributed by atoms with Crippen LogP contribution in [-0.4, -0.2) is 65.5 Å². The Morgan fingerprint density at radius 1 is 0.911 bits per heavy atom. The van der Waals surface area contributed by atoms with Crippen LogP contribution in [0.25, 0.3) is 6.08 Å². The first-order valence-electron chi connectivity index (χ1n) is 15.7. The number of ether oxygens (including phenoxy) is 1. The molecule has 1 aromatic heterocycles. The van der Waals surface area contributed by atoms with Gasteiger partial charge < -0.3 is 19.4 Å². The lowest BCUT2D eigenvalue weighted by atomic mass is 9.97. The van der Waals surface area contributed by atoms with Crippen molar-refractivity contribution in [1.82, 2.24) is 14.8 Å². The van der Waals surface area contributed by atoms with E-state index in [-0.39, 0.29) is 11.8 Å². The molecule has 3 aromatic carbocycles. The van der Waals surface area contributed by atoms with Gasteiger partial charge in [-0.15, -0.1) is 11.3 Å². The van der Waals surface area contributed by atoms with Gasteiger partial charge >= 0.3 is 0 Å². The van der Waals surface area contributed by atoms with Crippen molar-refractivity contribution in [2.45, 2.75) is 45.8 Å². The fourth-order valence-electron chi connectivity index (χ4n) is 6.18. The molecule has 4 aromatic rings. The predicted octanol–water partition coefficient (Wildman–Crippen LogP) is 5.83. The Kier molecular flexibility index (Phi) is 9.72. The van der Waals surface area contributed by atoms with Crippen LogP contribution in [0.4, 0.5) is 5.69 Å². The van der Waals surface area contributed by atoms with Crippen molar-refractivity contribution in [3.63, 3.8) is 0 Å². The second-order valence-electron chi connectivity index (χ2n) is 11.7. The molecule has 232 valence electrons. The Morgan fingerprint density at radius 2 is 1.62 bits per heavy atom. The molecule has 2 aliphatic heterocycles. The molecule has 8 heteroatoms. The molecular formula is C37H40N4O3S. The van der Waals surface area contributed by atoms with Crippen LogP contribution >= 0.6 is 11.3 Å². The molecule has 7 nitrogen and oxygen atoms in total. The molecule has 0 saturated carbocycles. The summed E-state index contributed by atoms with van der Waals surface area (Å²) in [5.74, 6) is -0.214. The number of hydrogen-bond acceptors (Lipinski definition) is 6. The average molecular weight is 621 g/mol. The number of nitrogens with zero attached hydrogens (tertiary/aromatic N) is 4. The number of aryl methyl sites for hydroxylation is 2. The summed E-state index contributed by atoms with van der Waals surface area (Å²) in [5.41, 5.74) is 6.49. The number of benzene rings is 3. The monoisotopic (exact) mass is 620 g/mol. The van der Waals surface area contributed by atoms with Gasteiger partial charge in [0.25, 0.3) is 0 Å². The topological polar surface area (TPSA) is 66.0 Å². The van der Waals surface area contributed by atoms with Crippen molar-refractivity contribution in [2.24, 2.45) is 0 Å². The van der Waals surface area contributed by atoms with Gasteiger partial charge in [-0.25, -0.2) is 4.98 Å². The molecule has 1 fully saturated rings. The third-order valence-corrected chi connectivity index (χ3v) is 9.68. The first-order chi connectivity index (χ1) is 21.9. The number of amides is 2. The van der Waals surface area contributed by atoms with Gasteiger partial charge in [0.2, 0.25) is 11.8 Å². The van der Waals surface area contributed by atoms with Gasteiger partial charge in [-0.3, -0.25) is 9.59 Å². The molecular weight excluding hydrogens is 580 g/mol. The SMILES string of the molecule is Cc1nc(C)c(C=CC(=O)N(Cc2ccc(N3CCOCC3)cc2)[C@@H](Cc2ccccc2)C(=O)N2CCc3ccccc3C2)s1. The van der Waals surface area contributed by atoms with Crippen molar-refractivity contribution in [1.29, 1.82) is 0 Å². The van der Waals surface area contributed by atoms with E-state index in [1.54, 1.807) is 22.3 Å². The number of fused-ring (bicyclic) bond motifs is 1. The predicted molar refractivity (Wildman–Crippen MR) is 180 cm³/mol. The zero-order valence-corrected chi connectivity index (χ0v) is 26.8. The summed E-state index contributed by atoms with van der Waals surface area (Å²) < 4.78 is 5.52. The first-order valence-corrected chi connectivity index (χ1v) is 16.5. The van der Waals surface area contributed by atoms with E-state index >= 15 is 0 Å². The van der Waals surface area contributed by atoms with Crippen LogP contribution in [0, 0.1) is 13.8 Å². The van der Waals surface area contributed by atoms with E-state index in [2.05, 4.69) is 52.3 Å². The minimum atomic E-state index is -0.668. The van der Waals surface area contributed by atoms with Crippen LogP contribution in [0.2, 0.25) is 0 Å². The zero-order chi connectivity index (χ0) is 31.2. The quantitative estimate of drug-likeness (QED) is 0.220. The number of aromatic nitrogens is 1. The lowest BCUT2D eigenvalue weighted by molar-refractivity contribution is -0.144. The van der Waals surface area contributed by atoms with E-state index < -0.39 is 6.04 Å². The van der Waals surface area contributed by atoms with E-state index in [0.717, 1.165) is 65.1 Å². The van der Waals surface area contributed by atoms with Crippen LogP contribution in [0.5, 0.6) is 0 Å². The van der Waals surface area contributed by atoms with Crippen molar-refractivity contribution < 1.29 is 14.3 Å². The highest BCUT2D eigenvalue weighted by Gasteiger charge is 2.34. The van der Waals surface area contributed by atoms with Gasteiger partial charge in [0.1, 0.15) is 6.04 Å². The summed E-state index contributed by atoms with van der Waals surface area (Å²) in [7, 11) is 0. The fourth-order valence-corrected chi connectivity index (χ4v) is 7.01. The molecule has 0 bridgehead atoms. The van der Waals surface area contributed by atoms with Crippen LogP contribution in [0.3, 0.4) is 0 Å². The lowest BCUT2D eigenvalue weighted by Gasteiger charge is -2.37. The second-order valence-corrected chi connectivity index (χ2v) is 13.0. The number of anilines is 1. The summed E-state index contributed by atoms with van der Waals surface area (Å²) in [6.45, 7) is 8.58. The van der Waals surface area contributed by atoms with Crippen molar-refractivity contribution in [3.05, 3.63) is 123 Å². The second kappa shape index (κ2) is 14.2. The number of thiazole rings is 1. The number of rotatable bonds is 9. The maximum absolute atomic E-state index is 14.5. The van der Waals surface area contributed by atoms with Gasteiger partial charge in [0.15, 0.2) is 0 Å². The van der Waals surface area contributed by atoms with Gasteiger partial charge in [-0.1, -0.05) is 66.7 Å². The molecule has 3 heterocycles. The lowest BCUT2D eigenvalue weighted by Crippen LogP contribution is -2.52. The Bertz CT molecular complexity index is 1640. The normalized spacial score (nSPS) is 15.6. The highest BCUT2D eigenvalue weighted by atomic mass is 32.1. The molecule has 6 rings (SSSR count). The van der Waals surface area contributed by atoms with Crippen molar-refractivity contribution in [3.8, 4) is 0 Å². The van der Waals surface area contributed by atoms with E-state index in [0.29, 0.717) is 26.1 Å². The average Bonchev–Trinajstić information content (AvgIpc) is 3.41. The molecule has 1 saturated heterocycles. The number of carbonyl (C=O) groups is 2. The minimum Gasteiger partial charge on any atom is -0.378 e. The van der Waals surface area contributed by atoms with E-state index in [1.807, 2.05) is 61.2 Å². The maximum atomic E-state index is 14.5. The van der Waals surface area contributed by atoms with Crippen LogP contribution in [0.1, 0.15) is 37.8 Å². The Hall–Kier alpha value is -4.27. The number of hydrogen-bond donors (Lipinski definition) is 0. The minimum absolute atomic E-state index is 0.0233. The fraction of sp³-hybridized carbons (Fsp3) is 0.324. The maximum Gasteiger partial charge on any atom is 0.247 e. The van der Waals surface area contributed by atoms with Crippen LogP contribution in [0.15, 0.2) is 84.9 Å². The highest BCUT2D eigenvalue weighted by Crippen LogP contribution is 2.25. The summed E-state index contributed by atoms with van der Waals surface area (Å²) in [4.78, 5) is 40.2. The molecule has 0 N–H and O–H groups in total. The molecule has 0 radical (unpaired) electrons. The molecule has 2 amide bonds. The number of morpholine rings is 1. The zero-order valence-electron chi connectivity index (χ0n) is 26.0. The van der Waals surface area contributed by atoms with Crippen LogP contribution in [-0.2, 0) is 40.3 Å². The first kappa shape index (κ1) is 30.7. The Morgan fingerprint density at radius 3 is 2.33 bits per heavy atom. The standard InChI is InChI=1S/C37H40N4O3S/c1-27-35(45-28(2)38-27)16-17-36(42)41(25-30-12-14-33(15-13-30)39-20-22-44-23-21-39)34(24-29-8-4-3-5-9-29)37(43)40-19-18-31-10-6-7-11-32(31)26-40/h3-17,34H,18-26H2,1-2H3/t34-/m0/s1. The number of carbonyl (C=O) groups excluding carboxylic acids is 2.